The van der Waals surface area contributed by atoms with E-state index < -0.39 is 0 Å². The molecular weight excluding hydrogens is 256 g/mol. The van der Waals surface area contributed by atoms with Crippen LogP contribution in [0, 0.1) is 0 Å². The Morgan fingerprint density at radius 2 is 2.31 bits per heavy atom. The lowest BCUT2D eigenvalue weighted by atomic mass is 10.1. The zero-order valence-electron chi connectivity index (χ0n) is 8.84. The van der Waals surface area contributed by atoms with Crippen molar-refractivity contribution in [3.63, 3.8) is 0 Å². The normalized spacial score (nSPS) is 24.1. The Labute approximate surface area is 107 Å². The van der Waals surface area contributed by atoms with E-state index >= 15 is 0 Å². The number of aromatic nitrogens is 1. The van der Waals surface area contributed by atoms with Crippen LogP contribution in [0.4, 0.5) is 5.13 Å². The Morgan fingerprint density at radius 1 is 1.38 bits per heavy atom. The van der Waals surface area contributed by atoms with Crippen LogP contribution in [0.1, 0.15) is 24.9 Å². The van der Waals surface area contributed by atoms with E-state index in [4.69, 9.17) is 0 Å². The molecule has 2 aromatic rings. The van der Waals surface area contributed by atoms with Gasteiger partial charge in [0.2, 0.25) is 0 Å². The van der Waals surface area contributed by atoms with Crippen LogP contribution in [-0.2, 0) is 0 Å². The molecule has 2 atom stereocenters. The Balaban J connectivity index is 1.86. The summed E-state index contributed by atoms with van der Waals surface area (Å²) in [6, 6.07) is 2.67. The predicted octanol–water partition coefficient (Wildman–Crippen LogP) is 4.24. The molecule has 2 aromatic heterocycles. The van der Waals surface area contributed by atoms with Gasteiger partial charge in [-0.1, -0.05) is 6.92 Å². The van der Waals surface area contributed by atoms with Crippen molar-refractivity contribution in [3.05, 3.63) is 28.6 Å². The summed E-state index contributed by atoms with van der Waals surface area (Å²) in [5.41, 5.74) is 1.45. The SMILES string of the molecule is C[C@H]1CC(Nc2nccs2)c2ccsc2S1. The van der Waals surface area contributed by atoms with Crippen molar-refractivity contribution in [2.75, 3.05) is 5.32 Å². The molecule has 1 aliphatic rings. The van der Waals surface area contributed by atoms with Gasteiger partial charge in [0, 0.05) is 16.8 Å². The lowest BCUT2D eigenvalue weighted by molar-refractivity contribution is 0.669. The van der Waals surface area contributed by atoms with Gasteiger partial charge in [0.1, 0.15) is 0 Å². The number of hydrogen-bond acceptors (Lipinski definition) is 5. The molecule has 0 amide bonds. The van der Waals surface area contributed by atoms with E-state index in [9.17, 15) is 0 Å². The van der Waals surface area contributed by atoms with E-state index in [2.05, 4.69) is 28.7 Å². The number of thiazole rings is 1. The molecule has 0 spiro atoms. The second-order valence-electron chi connectivity index (χ2n) is 3.86. The van der Waals surface area contributed by atoms with Gasteiger partial charge in [0.25, 0.3) is 0 Å². The van der Waals surface area contributed by atoms with E-state index in [-0.39, 0.29) is 0 Å². The molecule has 3 rings (SSSR count). The fourth-order valence-electron chi connectivity index (χ4n) is 1.93. The van der Waals surface area contributed by atoms with Crippen LogP contribution in [0.25, 0.3) is 0 Å². The molecule has 1 unspecified atom stereocenters. The van der Waals surface area contributed by atoms with Gasteiger partial charge < -0.3 is 5.32 Å². The number of fused-ring (bicyclic) bond motifs is 1. The predicted molar refractivity (Wildman–Crippen MR) is 72.7 cm³/mol. The topological polar surface area (TPSA) is 24.9 Å². The number of nitrogens with zero attached hydrogens (tertiary/aromatic N) is 1. The quantitative estimate of drug-likeness (QED) is 0.881. The fraction of sp³-hybridized carbons (Fsp3) is 0.364. The average molecular weight is 268 g/mol. The Bertz CT molecular complexity index is 463. The van der Waals surface area contributed by atoms with Crippen LogP contribution in [0.15, 0.2) is 27.2 Å². The van der Waals surface area contributed by atoms with Crippen molar-refractivity contribution in [3.8, 4) is 0 Å². The van der Waals surface area contributed by atoms with Crippen LogP contribution >= 0.6 is 34.4 Å². The molecule has 5 heteroatoms. The molecule has 2 nitrogen and oxygen atoms in total. The first-order chi connectivity index (χ1) is 7.83. The molecule has 0 saturated heterocycles. The summed E-state index contributed by atoms with van der Waals surface area (Å²) in [4.78, 5) is 4.30. The first-order valence-corrected chi connectivity index (χ1v) is 7.87. The van der Waals surface area contributed by atoms with Crippen LogP contribution in [-0.4, -0.2) is 10.2 Å². The average Bonchev–Trinajstić information content (AvgIpc) is 2.87. The molecule has 0 fully saturated rings. The number of nitrogens with one attached hydrogen (secondary N) is 1. The van der Waals surface area contributed by atoms with E-state index in [1.807, 2.05) is 34.7 Å². The number of rotatable bonds is 2. The number of thiophene rings is 1. The third-order valence-electron chi connectivity index (χ3n) is 2.64. The van der Waals surface area contributed by atoms with Gasteiger partial charge in [-0.2, -0.15) is 0 Å². The van der Waals surface area contributed by atoms with Gasteiger partial charge in [-0.3, -0.25) is 0 Å². The van der Waals surface area contributed by atoms with Crippen molar-refractivity contribution in [1.82, 2.24) is 4.98 Å². The minimum absolute atomic E-state index is 0.434. The largest absolute Gasteiger partial charge is 0.355 e. The summed E-state index contributed by atoms with van der Waals surface area (Å²) in [6.45, 7) is 2.30. The molecule has 1 aliphatic heterocycles. The van der Waals surface area contributed by atoms with Crippen molar-refractivity contribution >= 4 is 39.6 Å². The second-order valence-corrected chi connectivity index (χ2v) is 7.38. The highest BCUT2D eigenvalue weighted by molar-refractivity contribution is 8.01. The summed E-state index contributed by atoms with van der Waals surface area (Å²) in [5, 5.41) is 9.45. The molecule has 0 radical (unpaired) electrons. The first-order valence-electron chi connectivity index (χ1n) is 5.23. The zero-order chi connectivity index (χ0) is 11.0. The van der Waals surface area contributed by atoms with E-state index in [1.165, 1.54) is 16.2 Å². The summed E-state index contributed by atoms with van der Waals surface area (Å²) in [6.07, 6.45) is 3.02. The van der Waals surface area contributed by atoms with Gasteiger partial charge in [0.05, 0.1) is 10.3 Å². The van der Waals surface area contributed by atoms with Gasteiger partial charge in [-0.25, -0.2) is 4.98 Å². The van der Waals surface area contributed by atoms with Gasteiger partial charge >= 0.3 is 0 Å². The first kappa shape index (κ1) is 10.6. The van der Waals surface area contributed by atoms with Crippen LogP contribution in [0.2, 0.25) is 0 Å². The molecule has 0 aromatic carbocycles. The van der Waals surface area contributed by atoms with Crippen LogP contribution in [0.3, 0.4) is 0 Å². The lowest BCUT2D eigenvalue weighted by Gasteiger charge is -2.27. The second kappa shape index (κ2) is 4.39. The van der Waals surface area contributed by atoms with Crippen LogP contribution < -0.4 is 5.32 Å². The lowest BCUT2D eigenvalue weighted by Crippen LogP contribution is -2.18. The monoisotopic (exact) mass is 268 g/mol. The van der Waals surface area contributed by atoms with E-state index in [0.717, 1.165) is 5.13 Å². The number of anilines is 1. The van der Waals surface area contributed by atoms with Crippen molar-refractivity contribution in [2.45, 2.75) is 28.8 Å². The summed E-state index contributed by atoms with van der Waals surface area (Å²) in [5.74, 6) is 0. The molecule has 3 heterocycles. The van der Waals surface area contributed by atoms with Crippen LogP contribution in [0.5, 0.6) is 0 Å². The minimum Gasteiger partial charge on any atom is -0.355 e. The molecule has 0 bridgehead atoms. The fourth-order valence-corrected chi connectivity index (χ4v) is 5.08. The standard InChI is InChI=1S/C11H12N2S3/c1-7-6-9(13-11-12-3-5-15-11)8-2-4-14-10(8)16-7/h2-5,7,9H,6H2,1H3,(H,12,13)/t7-,9?/m0/s1. The number of thioether (sulfide) groups is 1. The zero-order valence-corrected chi connectivity index (χ0v) is 11.3. The highest BCUT2D eigenvalue weighted by Crippen LogP contribution is 2.44. The van der Waals surface area contributed by atoms with E-state index in [0.29, 0.717) is 11.3 Å². The Kier molecular flexibility index (Phi) is 2.91. The maximum atomic E-state index is 4.30. The summed E-state index contributed by atoms with van der Waals surface area (Å²) in [7, 11) is 0. The molecular formula is C11H12N2S3. The highest BCUT2D eigenvalue weighted by Gasteiger charge is 2.26. The van der Waals surface area contributed by atoms with Crippen molar-refractivity contribution in [2.24, 2.45) is 0 Å². The van der Waals surface area contributed by atoms with Crippen molar-refractivity contribution < 1.29 is 0 Å². The maximum Gasteiger partial charge on any atom is 0.183 e. The van der Waals surface area contributed by atoms with Gasteiger partial charge in [0.15, 0.2) is 5.13 Å². The maximum absolute atomic E-state index is 4.30. The molecule has 0 aliphatic carbocycles. The van der Waals surface area contributed by atoms with Crippen molar-refractivity contribution in [1.29, 1.82) is 0 Å². The summed E-state index contributed by atoms with van der Waals surface area (Å²) < 4.78 is 1.47. The minimum atomic E-state index is 0.434. The molecule has 1 N–H and O–H groups in total. The third kappa shape index (κ3) is 1.99. The smallest absolute Gasteiger partial charge is 0.183 e. The van der Waals surface area contributed by atoms with Gasteiger partial charge in [-0.15, -0.1) is 34.4 Å². The molecule has 84 valence electrons. The molecule has 0 saturated carbocycles. The third-order valence-corrected chi connectivity index (χ3v) is 5.69. The Morgan fingerprint density at radius 3 is 3.12 bits per heavy atom. The van der Waals surface area contributed by atoms with Gasteiger partial charge in [-0.05, 0) is 23.4 Å². The number of hydrogen-bond donors (Lipinski definition) is 1. The highest BCUT2D eigenvalue weighted by atomic mass is 32.2. The Hall–Kier alpha value is -0.520. The van der Waals surface area contributed by atoms with E-state index in [1.54, 1.807) is 11.3 Å². The summed E-state index contributed by atoms with van der Waals surface area (Å²) >= 11 is 5.52. The molecule has 16 heavy (non-hydrogen) atoms.